The summed E-state index contributed by atoms with van der Waals surface area (Å²) in [5.74, 6) is 1.13. The largest absolute Gasteiger partial charge is 0.326 e. The number of hydrogen-bond acceptors (Lipinski definition) is 4. The van der Waals surface area contributed by atoms with Crippen molar-refractivity contribution in [3.63, 3.8) is 0 Å². The Bertz CT molecular complexity index is 604. The minimum absolute atomic E-state index is 0.126. The van der Waals surface area contributed by atoms with Crippen LogP contribution in [0.3, 0.4) is 0 Å². The molecule has 0 bridgehead atoms. The van der Waals surface area contributed by atoms with E-state index in [9.17, 15) is 12.6 Å². The molecule has 20 heavy (non-hydrogen) atoms. The molecule has 1 heterocycles. The topological polar surface area (TPSA) is 89.3 Å². The summed E-state index contributed by atoms with van der Waals surface area (Å²) in [5, 5.41) is 0. The Morgan fingerprint density at radius 2 is 2.00 bits per heavy atom. The normalized spacial score (nSPS) is 23.7. The fourth-order valence-corrected chi connectivity index (χ4v) is 5.15. The molecule has 1 aromatic rings. The number of benzene rings is 1. The Balaban J connectivity index is 2.20. The van der Waals surface area contributed by atoms with Gasteiger partial charge in [0, 0.05) is 34.9 Å². The molecule has 0 amide bonds. The van der Waals surface area contributed by atoms with Gasteiger partial charge in [-0.15, -0.1) is 0 Å². The molecule has 0 spiro atoms. The van der Waals surface area contributed by atoms with E-state index in [1.54, 1.807) is 19.1 Å². The maximum atomic E-state index is 12.4. The van der Waals surface area contributed by atoms with Gasteiger partial charge < -0.3 is 5.73 Å². The minimum Gasteiger partial charge on any atom is -0.326 e. The van der Waals surface area contributed by atoms with E-state index in [0.29, 0.717) is 36.5 Å². The van der Waals surface area contributed by atoms with Crippen LogP contribution < -0.4 is 10.5 Å². The summed E-state index contributed by atoms with van der Waals surface area (Å²) < 4.78 is 38.9. The van der Waals surface area contributed by atoms with Crippen molar-refractivity contribution >= 4 is 20.8 Å². The summed E-state index contributed by atoms with van der Waals surface area (Å²) in [4.78, 5) is 0.284. The zero-order valence-corrected chi connectivity index (χ0v) is 13.1. The number of hydrogen-bond donors (Lipinski definition) is 2. The highest BCUT2D eigenvalue weighted by molar-refractivity contribution is 7.89. The summed E-state index contributed by atoms with van der Waals surface area (Å²) in [5.41, 5.74) is 7.06. The molecule has 1 aromatic carbocycles. The van der Waals surface area contributed by atoms with Crippen molar-refractivity contribution in [2.75, 3.05) is 11.5 Å². The second-order valence-corrected chi connectivity index (χ2v) is 8.43. The third-order valence-electron chi connectivity index (χ3n) is 3.49. The van der Waals surface area contributed by atoms with E-state index in [1.807, 2.05) is 6.07 Å². The molecule has 7 heteroatoms. The van der Waals surface area contributed by atoms with Crippen molar-refractivity contribution in [3.8, 4) is 0 Å². The lowest BCUT2D eigenvalue weighted by Crippen LogP contribution is -2.39. The molecule has 2 rings (SSSR count). The minimum atomic E-state index is -3.55. The molecular formula is C13H20N2O3S2. The predicted octanol–water partition coefficient (Wildman–Crippen LogP) is 0.643. The molecule has 0 saturated carbocycles. The van der Waals surface area contributed by atoms with Gasteiger partial charge in [-0.1, -0.05) is 12.1 Å². The third-order valence-corrected chi connectivity index (χ3v) is 6.53. The maximum absolute atomic E-state index is 12.4. The Hall–Kier alpha value is -0.760. The smallest absolute Gasteiger partial charge is 0.241 e. The van der Waals surface area contributed by atoms with Crippen LogP contribution in [0.1, 0.15) is 24.0 Å². The zero-order chi connectivity index (χ0) is 14.8. The molecule has 0 unspecified atom stereocenters. The Labute approximate surface area is 122 Å². The SMILES string of the molecule is Cc1ccc(CN)cc1S(=O)(=O)NC1CCS(=O)CC1. The van der Waals surface area contributed by atoms with E-state index < -0.39 is 20.8 Å². The maximum Gasteiger partial charge on any atom is 0.241 e. The van der Waals surface area contributed by atoms with Crippen molar-refractivity contribution in [2.45, 2.75) is 37.2 Å². The van der Waals surface area contributed by atoms with E-state index in [1.165, 1.54) is 0 Å². The second-order valence-electron chi connectivity index (χ2n) is 5.05. The highest BCUT2D eigenvalue weighted by Gasteiger charge is 2.25. The van der Waals surface area contributed by atoms with E-state index in [4.69, 9.17) is 5.73 Å². The summed E-state index contributed by atoms with van der Waals surface area (Å²) in [6.45, 7) is 2.08. The van der Waals surface area contributed by atoms with Crippen molar-refractivity contribution < 1.29 is 12.6 Å². The standard InChI is InChI=1S/C13H20N2O3S2/c1-10-2-3-11(9-14)8-13(10)20(17,18)15-12-4-6-19(16)7-5-12/h2-3,8,12,15H,4-7,9,14H2,1H3. The van der Waals surface area contributed by atoms with Gasteiger partial charge in [0.1, 0.15) is 0 Å². The zero-order valence-electron chi connectivity index (χ0n) is 11.5. The number of aryl methyl sites for hydroxylation is 1. The van der Waals surface area contributed by atoms with Crippen LogP contribution in [-0.2, 0) is 27.4 Å². The molecule has 0 aliphatic carbocycles. The Morgan fingerprint density at radius 3 is 2.60 bits per heavy atom. The van der Waals surface area contributed by atoms with Gasteiger partial charge in [0.25, 0.3) is 0 Å². The Morgan fingerprint density at radius 1 is 1.35 bits per heavy atom. The number of nitrogens with one attached hydrogen (secondary N) is 1. The average Bonchev–Trinajstić information content (AvgIpc) is 2.41. The first kappa shape index (κ1) is 15.6. The molecule has 0 radical (unpaired) electrons. The van der Waals surface area contributed by atoms with E-state index in [2.05, 4.69) is 4.72 Å². The summed E-state index contributed by atoms with van der Waals surface area (Å²) >= 11 is 0. The van der Waals surface area contributed by atoms with Crippen LogP contribution in [0.25, 0.3) is 0 Å². The van der Waals surface area contributed by atoms with Crippen LogP contribution in [0.5, 0.6) is 0 Å². The van der Waals surface area contributed by atoms with Crippen LogP contribution in [0.2, 0.25) is 0 Å². The van der Waals surface area contributed by atoms with Gasteiger partial charge in [0.05, 0.1) is 4.90 Å². The van der Waals surface area contributed by atoms with Crippen molar-refractivity contribution in [2.24, 2.45) is 5.73 Å². The highest BCUT2D eigenvalue weighted by atomic mass is 32.2. The van der Waals surface area contributed by atoms with Gasteiger partial charge in [0.15, 0.2) is 0 Å². The quantitative estimate of drug-likeness (QED) is 0.853. The number of rotatable bonds is 4. The van der Waals surface area contributed by atoms with Crippen LogP contribution >= 0.6 is 0 Å². The van der Waals surface area contributed by atoms with Crippen LogP contribution in [0.15, 0.2) is 23.1 Å². The first-order valence-electron chi connectivity index (χ1n) is 6.59. The summed E-state index contributed by atoms with van der Waals surface area (Å²) in [6.07, 6.45) is 1.25. The summed E-state index contributed by atoms with van der Waals surface area (Å²) in [7, 11) is -4.34. The molecule has 3 N–H and O–H groups in total. The van der Waals surface area contributed by atoms with Gasteiger partial charge in [-0.05, 0) is 37.0 Å². The predicted molar refractivity (Wildman–Crippen MR) is 80.3 cm³/mol. The van der Waals surface area contributed by atoms with Crippen molar-refractivity contribution in [1.29, 1.82) is 0 Å². The van der Waals surface area contributed by atoms with Gasteiger partial charge in [-0.25, -0.2) is 13.1 Å². The molecule has 1 fully saturated rings. The van der Waals surface area contributed by atoms with Crippen LogP contribution in [0, 0.1) is 6.92 Å². The van der Waals surface area contributed by atoms with E-state index >= 15 is 0 Å². The van der Waals surface area contributed by atoms with Crippen molar-refractivity contribution in [3.05, 3.63) is 29.3 Å². The molecule has 5 nitrogen and oxygen atoms in total. The van der Waals surface area contributed by atoms with Crippen LogP contribution in [0.4, 0.5) is 0 Å². The molecular weight excluding hydrogens is 296 g/mol. The van der Waals surface area contributed by atoms with Gasteiger partial charge in [-0.2, -0.15) is 0 Å². The number of nitrogens with two attached hydrogens (primary N) is 1. The first-order valence-corrected chi connectivity index (χ1v) is 9.56. The molecule has 0 atom stereocenters. The van der Waals surface area contributed by atoms with Gasteiger partial charge in [-0.3, -0.25) is 4.21 Å². The third kappa shape index (κ3) is 3.66. The molecule has 0 aromatic heterocycles. The lowest BCUT2D eigenvalue weighted by atomic mass is 10.1. The summed E-state index contributed by atoms with van der Waals surface area (Å²) in [6, 6.07) is 5.10. The highest BCUT2D eigenvalue weighted by Crippen LogP contribution is 2.19. The average molecular weight is 316 g/mol. The van der Waals surface area contributed by atoms with Crippen LogP contribution in [-0.4, -0.2) is 30.2 Å². The fourth-order valence-electron chi connectivity index (χ4n) is 2.26. The molecule has 1 aliphatic rings. The number of sulfonamides is 1. The first-order chi connectivity index (χ1) is 9.42. The Kier molecular flexibility index (Phi) is 4.95. The monoisotopic (exact) mass is 316 g/mol. The lowest BCUT2D eigenvalue weighted by molar-refractivity contribution is 0.521. The lowest BCUT2D eigenvalue weighted by Gasteiger charge is -2.23. The van der Waals surface area contributed by atoms with E-state index in [0.717, 1.165) is 5.56 Å². The van der Waals surface area contributed by atoms with E-state index in [-0.39, 0.29) is 10.9 Å². The van der Waals surface area contributed by atoms with Crippen molar-refractivity contribution in [1.82, 2.24) is 4.72 Å². The fraction of sp³-hybridized carbons (Fsp3) is 0.538. The molecule has 112 valence electrons. The van der Waals surface area contributed by atoms with Gasteiger partial charge >= 0.3 is 0 Å². The van der Waals surface area contributed by atoms with Gasteiger partial charge in [0.2, 0.25) is 10.0 Å². The molecule has 1 aliphatic heterocycles. The molecule has 1 saturated heterocycles. The second kappa shape index (κ2) is 6.34.